The molecule has 7 rings (SSSR count). The molecule has 6 nitrogen and oxygen atoms in total. The second-order valence-corrected chi connectivity index (χ2v) is 11.3. The number of hydrogen-bond donors (Lipinski definition) is 0. The molecule has 0 N–H and O–H groups in total. The highest BCUT2D eigenvalue weighted by molar-refractivity contribution is 5.97. The van der Waals surface area contributed by atoms with Crippen molar-refractivity contribution < 1.29 is 19.1 Å². The van der Waals surface area contributed by atoms with Crippen LogP contribution in [0, 0.1) is 0 Å². The van der Waals surface area contributed by atoms with Gasteiger partial charge in [-0.2, -0.15) is 0 Å². The Labute approximate surface area is 274 Å². The Bertz CT molecular complexity index is 1760. The van der Waals surface area contributed by atoms with Crippen molar-refractivity contribution in [1.82, 2.24) is 0 Å². The first-order valence-corrected chi connectivity index (χ1v) is 15.5. The van der Waals surface area contributed by atoms with E-state index >= 15 is 0 Å². The van der Waals surface area contributed by atoms with Crippen molar-refractivity contribution in [3.8, 4) is 11.1 Å². The molecule has 6 aromatic rings. The molecule has 2 amide bonds. The second kappa shape index (κ2) is 13.1. The number of amides is 2. The minimum atomic E-state index is -0.962. The van der Waals surface area contributed by atoms with E-state index in [9.17, 15) is 9.59 Å². The molecule has 1 aliphatic rings. The molecule has 0 radical (unpaired) electrons. The van der Waals surface area contributed by atoms with Crippen LogP contribution in [0.4, 0.5) is 32.3 Å². The average molecular weight is 617 g/mol. The topological polar surface area (TPSA) is 59.1 Å². The minimum absolute atomic E-state index is 0.0556. The molecule has 0 aromatic heterocycles. The lowest BCUT2D eigenvalue weighted by Gasteiger charge is -2.33. The number of fused-ring (bicyclic) bond motifs is 3. The minimum Gasteiger partial charge on any atom is -0.447 e. The SMILES string of the molecule is O=C(OCC1(COC(=O)N(c2ccccc2)c2ccccc2)c2ccccc2-c2ccccc21)N(c1ccccc1)c1ccccc1. The standard InChI is InChI=1S/C41H32N2O4/c44-39(42(31-17-5-1-6-18-31)32-19-7-2-8-20-32)46-29-41(37-27-15-13-25-35(37)36-26-14-16-28-38(36)41)30-47-40(45)43(33-21-9-3-10-22-33)34-23-11-4-12-24-34/h1-28H,29-30H2. The molecule has 6 heteroatoms. The first kappa shape index (κ1) is 29.6. The number of nitrogens with zero attached hydrogens (tertiary/aromatic N) is 2. The molecular weight excluding hydrogens is 584 g/mol. The lowest BCUT2D eigenvalue weighted by Crippen LogP contribution is -2.41. The molecule has 0 unspecified atom stereocenters. The van der Waals surface area contributed by atoms with Crippen LogP contribution >= 0.6 is 0 Å². The number of rotatable bonds is 8. The fourth-order valence-corrected chi connectivity index (χ4v) is 6.30. The van der Waals surface area contributed by atoms with Crippen molar-refractivity contribution >= 4 is 34.9 Å². The Morgan fingerprint density at radius 2 is 0.681 bits per heavy atom. The number of ether oxygens (including phenoxy) is 2. The van der Waals surface area contributed by atoms with Crippen molar-refractivity contribution in [3.05, 3.63) is 181 Å². The van der Waals surface area contributed by atoms with Gasteiger partial charge in [0.2, 0.25) is 0 Å². The van der Waals surface area contributed by atoms with Gasteiger partial charge in [0, 0.05) is 0 Å². The summed E-state index contributed by atoms with van der Waals surface area (Å²) in [6.07, 6.45) is -1.07. The predicted molar refractivity (Wildman–Crippen MR) is 185 cm³/mol. The van der Waals surface area contributed by atoms with Crippen molar-refractivity contribution in [2.75, 3.05) is 23.0 Å². The molecule has 1 aliphatic carbocycles. The molecule has 0 aliphatic heterocycles. The van der Waals surface area contributed by atoms with Crippen LogP contribution in [-0.2, 0) is 14.9 Å². The third-order valence-electron chi connectivity index (χ3n) is 8.48. The number of para-hydroxylation sites is 4. The van der Waals surface area contributed by atoms with Crippen LogP contribution in [0.5, 0.6) is 0 Å². The fourth-order valence-electron chi connectivity index (χ4n) is 6.30. The molecule has 0 spiro atoms. The van der Waals surface area contributed by atoms with E-state index in [1.54, 1.807) is 9.80 Å². The van der Waals surface area contributed by atoms with Crippen LogP contribution in [0.1, 0.15) is 11.1 Å². The van der Waals surface area contributed by atoms with Gasteiger partial charge in [-0.15, -0.1) is 0 Å². The summed E-state index contributed by atoms with van der Waals surface area (Å²) in [6, 6.07) is 53.7. The van der Waals surface area contributed by atoms with E-state index in [1.165, 1.54) is 0 Å². The van der Waals surface area contributed by atoms with Gasteiger partial charge in [0.25, 0.3) is 0 Å². The molecule has 0 heterocycles. The van der Waals surface area contributed by atoms with E-state index in [-0.39, 0.29) is 13.2 Å². The summed E-state index contributed by atoms with van der Waals surface area (Å²) < 4.78 is 12.5. The van der Waals surface area contributed by atoms with Gasteiger partial charge < -0.3 is 9.47 Å². The molecule has 0 fully saturated rings. The average Bonchev–Trinajstić information content (AvgIpc) is 3.42. The van der Waals surface area contributed by atoms with Crippen molar-refractivity contribution in [3.63, 3.8) is 0 Å². The number of benzene rings is 6. The molecule has 0 saturated carbocycles. The Kier molecular flexibility index (Phi) is 8.22. The van der Waals surface area contributed by atoms with Crippen LogP contribution in [0.25, 0.3) is 11.1 Å². The van der Waals surface area contributed by atoms with Gasteiger partial charge in [-0.1, -0.05) is 121 Å². The molecule has 0 saturated heterocycles. The normalized spacial score (nSPS) is 12.3. The first-order valence-electron chi connectivity index (χ1n) is 15.5. The van der Waals surface area contributed by atoms with E-state index < -0.39 is 17.6 Å². The van der Waals surface area contributed by atoms with E-state index in [0.29, 0.717) is 22.7 Å². The zero-order valence-corrected chi connectivity index (χ0v) is 25.6. The smallest absolute Gasteiger partial charge is 0.418 e. The first-order chi connectivity index (χ1) is 23.2. The molecule has 0 atom stereocenters. The largest absolute Gasteiger partial charge is 0.447 e. The van der Waals surface area contributed by atoms with Gasteiger partial charge in [0.1, 0.15) is 13.2 Å². The highest BCUT2D eigenvalue weighted by Crippen LogP contribution is 2.49. The van der Waals surface area contributed by atoms with Gasteiger partial charge in [-0.05, 0) is 70.8 Å². The summed E-state index contributed by atoms with van der Waals surface area (Å²) in [5.74, 6) is 0. The van der Waals surface area contributed by atoms with Gasteiger partial charge >= 0.3 is 12.2 Å². The lowest BCUT2D eigenvalue weighted by atomic mass is 9.79. The van der Waals surface area contributed by atoms with Crippen molar-refractivity contribution in [2.24, 2.45) is 0 Å². The van der Waals surface area contributed by atoms with Gasteiger partial charge in [-0.3, -0.25) is 0 Å². The fraction of sp³-hybridized carbons (Fsp3) is 0.0732. The van der Waals surface area contributed by atoms with E-state index in [4.69, 9.17) is 9.47 Å². The third-order valence-corrected chi connectivity index (χ3v) is 8.48. The number of carbonyl (C=O) groups excluding carboxylic acids is 2. The zero-order valence-electron chi connectivity index (χ0n) is 25.6. The summed E-state index contributed by atoms with van der Waals surface area (Å²) in [5, 5.41) is 0. The summed E-state index contributed by atoms with van der Waals surface area (Å²) in [5.41, 5.74) is 5.64. The van der Waals surface area contributed by atoms with Crippen LogP contribution in [-0.4, -0.2) is 25.4 Å². The van der Waals surface area contributed by atoms with Gasteiger partial charge in [0.15, 0.2) is 0 Å². The molecule has 230 valence electrons. The highest BCUT2D eigenvalue weighted by atomic mass is 16.6. The second-order valence-electron chi connectivity index (χ2n) is 11.3. The van der Waals surface area contributed by atoms with Crippen LogP contribution in [0.3, 0.4) is 0 Å². The van der Waals surface area contributed by atoms with Crippen LogP contribution in [0.2, 0.25) is 0 Å². The van der Waals surface area contributed by atoms with E-state index in [1.807, 2.05) is 158 Å². The Morgan fingerprint density at radius 1 is 0.404 bits per heavy atom. The molecular formula is C41H32N2O4. The van der Waals surface area contributed by atoms with Crippen LogP contribution in [0.15, 0.2) is 170 Å². The summed E-state index contributed by atoms with van der Waals surface area (Å²) >= 11 is 0. The van der Waals surface area contributed by atoms with Crippen molar-refractivity contribution in [1.29, 1.82) is 0 Å². The van der Waals surface area contributed by atoms with Crippen molar-refractivity contribution in [2.45, 2.75) is 5.41 Å². The Hall–Kier alpha value is -6.14. The number of hydrogen-bond acceptors (Lipinski definition) is 4. The lowest BCUT2D eigenvalue weighted by molar-refractivity contribution is 0.0912. The van der Waals surface area contributed by atoms with Crippen LogP contribution < -0.4 is 9.80 Å². The third kappa shape index (κ3) is 5.73. The quantitative estimate of drug-likeness (QED) is 0.171. The summed E-state index contributed by atoms with van der Waals surface area (Å²) in [6.45, 7) is -0.111. The maximum Gasteiger partial charge on any atom is 0.418 e. The maximum atomic E-state index is 14.1. The monoisotopic (exact) mass is 616 g/mol. The Morgan fingerprint density at radius 3 is 1.00 bits per heavy atom. The molecule has 47 heavy (non-hydrogen) atoms. The molecule has 0 bridgehead atoms. The van der Waals surface area contributed by atoms with E-state index in [2.05, 4.69) is 12.1 Å². The summed E-state index contributed by atoms with van der Waals surface area (Å²) in [7, 11) is 0. The number of carbonyl (C=O) groups is 2. The maximum absolute atomic E-state index is 14.1. The molecule has 6 aromatic carbocycles. The highest BCUT2D eigenvalue weighted by Gasteiger charge is 2.46. The Balaban J connectivity index is 1.25. The predicted octanol–water partition coefficient (Wildman–Crippen LogP) is 9.90. The summed E-state index contributed by atoms with van der Waals surface area (Å²) in [4.78, 5) is 31.3. The van der Waals surface area contributed by atoms with Gasteiger partial charge in [0.05, 0.1) is 28.2 Å². The van der Waals surface area contributed by atoms with E-state index in [0.717, 1.165) is 22.3 Å². The van der Waals surface area contributed by atoms with Gasteiger partial charge in [-0.25, -0.2) is 19.4 Å². The number of anilines is 4. The zero-order chi connectivity index (χ0) is 32.1.